The van der Waals surface area contributed by atoms with Gasteiger partial charge in [0.1, 0.15) is 0 Å². The van der Waals surface area contributed by atoms with Crippen LogP contribution in [0.3, 0.4) is 0 Å². The first-order valence-electron chi connectivity index (χ1n) is 12.8. The van der Waals surface area contributed by atoms with Crippen molar-refractivity contribution < 1.29 is 9.90 Å². The summed E-state index contributed by atoms with van der Waals surface area (Å²) in [4.78, 5) is 12.0. The largest absolute Gasteiger partial charge is 0.391 e. The zero-order valence-electron chi connectivity index (χ0n) is 20.2. The molecule has 0 unspecified atom stereocenters. The maximum Gasteiger partial charge on any atom is 0.243 e. The van der Waals surface area contributed by atoms with Crippen molar-refractivity contribution in [3.8, 4) is 0 Å². The number of nitrogens with one attached hydrogen (secondary N) is 1. The molecule has 0 heterocycles. The van der Waals surface area contributed by atoms with Gasteiger partial charge >= 0.3 is 0 Å². The zero-order chi connectivity index (χ0) is 22.6. The molecular formula is C28H47NO2. The summed E-state index contributed by atoms with van der Waals surface area (Å²) < 4.78 is 0. The fraction of sp³-hybridized carbons (Fsp3) is 0.679. The molecule has 1 aromatic carbocycles. The molecule has 0 saturated heterocycles. The van der Waals surface area contributed by atoms with Crippen LogP contribution in [0.1, 0.15) is 109 Å². The van der Waals surface area contributed by atoms with Gasteiger partial charge in [-0.3, -0.25) is 4.79 Å². The number of amides is 1. The number of allylic oxidation sites excluding steroid dienone is 1. The van der Waals surface area contributed by atoms with E-state index in [1.165, 1.54) is 82.6 Å². The lowest BCUT2D eigenvalue weighted by molar-refractivity contribution is -0.117. The Balaban J connectivity index is 1.96. The number of hydrogen-bond acceptors (Lipinski definition) is 2. The molecule has 1 rings (SSSR count). The topological polar surface area (TPSA) is 49.3 Å². The van der Waals surface area contributed by atoms with Crippen LogP contribution in [0, 0.1) is 0 Å². The van der Waals surface area contributed by atoms with E-state index in [-0.39, 0.29) is 11.9 Å². The maximum atomic E-state index is 12.0. The number of hydrogen-bond donors (Lipinski definition) is 2. The highest BCUT2D eigenvalue weighted by Gasteiger charge is 2.14. The molecular weight excluding hydrogens is 382 g/mol. The maximum absolute atomic E-state index is 12.0. The summed E-state index contributed by atoms with van der Waals surface area (Å²) in [6.45, 7) is 4.15. The molecule has 0 aromatic heterocycles. The molecule has 1 aromatic rings. The highest BCUT2D eigenvalue weighted by atomic mass is 16.3. The summed E-state index contributed by atoms with van der Waals surface area (Å²) in [6, 6.07) is 9.86. The molecule has 0 aliphatic carbocycles. The monoisotopic (exact) mass is 429 g/mol. The average Bonchev–Trinajstić information content (AvgIpc) is 2.77. The van der Waals surface area contributed by atoms with Crippen molar-refractivity contribution in [3.63, 3.8) is 0 Å². The van der Waals surface area contributed by atoms with E-state index in [2.05, 4.69) is 12.2 Å². The first kappa shape index (κ1) is 27.4. The fourth-order valence-corrected chi connectivity index (χ4v) is 3.91. The van der Waals surface area contributed by atoms with Crippen molar-refractivity contribution in [1.82, 2.24) is 5.32 Å². The molecule has 0 bridgehead atoms. The van der Waals surface area contributed by atoms with E-state index in [4.69, 9.17) is 0 Å². The van der Waals surface area contributed by atoms with Crippen LogP contribution in [0.4, 0.5) is 0 Å². The lowest BCUT2D eigenvalue weighted by atomic mass is 10.0. The van der Waals surface area contributed by atoms with Crippen molar-refractivity contribution in [2.24, 2.45) is 0 Å². The van der Waals surface area contributed by atoms with Gasteiger partial charge in [0.2, 0.25) is 5.91 Å². The highest BCUT2D eigenvalue weighted by Crippen LogP contribution is 2.14. The summed E-state index contributed by atoms with van der Waals surface area (Å²) in [5.41, 5.74) is 1.18. The van der Waals surface area contributed by atoms with Crippen molar-refractivity contribution in [2.75, 3.05) is 0 Å². The molecule has 31 heavy (non-hydrogen) atoms. The summed E-state index contributed by atoms with van der Waals surface area (Å²) in [7, 11) is 0. The first-order valence-corrected chi connectivity index (χ1v) is 12.8. The standard InChI is InChI=1S/C28H47NO2/c1-3-4-5-6-7-8-9-10-11-12-13-14-18-23-27(30)25(2)29-28(31)24-19-22-26-20-16-15-17-21-26/h15-17,19-21,24-25,27,30H,3-14,18,22-23H2,1-2H3,(H,29,31)/b24-19+/t25-,27+/m0/s1. The Labute approximate surface area is 191 Å². The average molecular weight is 430 g/mol. The second-order valence-electron chi connectivity index (χ2n) is 8.99. The minimum Gasteiger partial charge on any atom is -0.391 e. The van der Waals surface area contributed by atoms with Gasteiger partial charge in [-0.1, -0.05) is 127 Å². The van der Waals surface area contributed by atoms with Crippen LogP contribution in [-0.4, -0.2) is 23.2 Å². The van der Waals surface area contributed by atoms with Crippen LogP contribution >= 0.6 is 0 Å². The third-order valence-corrected chi connectivity index (χ3v) is 6.02. The molecule has 2 N–H and O–H groups in total. The van der Waals surface area contributed by atoms with Gasteiger partial charge in [-0.15, -0.1) is 0 Å². The third-order valence-electron chi connectivity index (χ3n) is 6.02. The minimum absolute atomic E-state index is 0.132. The summed E-state index contributed by atoms with van der Waals surface area (Å²) >= 11 is 0. The molecule has 0 radical (unpaired) electrons. The predicted octanol–water partition coefficient (Wildman–Crippen LogP) is 7.13. The molecule has 176 valence electrons. The second-order valence-corrected chi connectivity index (χ2v) is 8.99. The molecule has 3 nitrogen and oxygen atoms in total. The normalized spacial score (nSPS) is 13.4. The number of aliphatic hydroxyl groups is 1. The van der Waals surface area contributed by atoms with Gasteiger partial charge in [0, 0.05) is 0 Å². The second kappa shape index (κ2) is 19.1. The Morgan fingerprint density at radius 3 is 1.94 bits per heavy atom. The Kier molecular flexibility index (Phi) is 16.9. The SMILES string of the molecule is CCCCCCCCCCCCCCC[C@@H](O)[C@H](C)NC(=O)/C=C/Cc1ccccc1. The van der Waals surface area contributed by atoms with Gasteiger partial charge in [0.05, 0.1) is 12.1 Å². The molecule has 0 aliphatic rings. The van der Waals surface area contributed by atoms with Crippen LogP contribution in [0.5, 0.6) is 0 Å². The minimum atomic E-state index is -0.473. The fourth-order valence-electron chi connectivity index (χ4n) is 3.91. The number of aliphatic hydroxyl groups excluding tert-OH is 1. The van der Waals surface area contributed by atoms with E-state index in [9.17, 15) is 9.90 Å². The number of carbonyl (C=O) groups is 1. The Bertz CT molecular complexity index is 570. The molecule has 0 saturated carbocycles. The van der Waals surface area contributed by atoms with Crippen LogP contribution < -0.4 is 5.32 Å². The summed E-state index contributed by atoms with van der Waals surface area (Å²) in [5, 5.41) is 13.2. The van der Waals surface area contributed by atoms with Crippen molar-refractivity contribution in [1.29, 1.82) is 0 Å². The lowest BCUT2D eigenvalue weighted by Crippen LogP contribution is -2.40. The predicted molar refractivity (Wildman–Crippen MR) is 133 cm³/mol. The smallest absolute Gasteiger partial charge is 0.243 e. The summed E-state index contributed by atoms with van der Waals surface area (Å²) in [6.07, 6.45) is 21.7. The number of benzene rings is 1. The molecule has 2 atom stereocenters. The van der Waals surface area contributed by atoms with Gasteiger partial charge < -0.3 is 10.4 Å². The lowest BCUT2D eigenvalue weighted by Gasteiger charge is -2.19. The van der Waals surface area contributed by atoms with Crippen LogP contribution in [-0.2, 0) is 11.2 Å². The quantitative estimate of drug-likeness (QED) is 0.181. The van der Waals surface area contributed by atoms with E-state index < -0.39 is 6.10 Å². The number of unbranched alkanes of at least 4 members (excludes halogenated alkanes) is 12. The van der Waals surface area contributed by atoms with Gasteiger partial charge in [-0.05, 0) is 31.4 Å². The molecule has 0 spiro atoms. The van der Waals surface area contributed by atoms with Crippen LogP contribution in [0.25, 0.3) is 0 Å². The Hall–Kier alpha value is -1.61. The molecule has 0 fully saturated rings. The van der Waals surface area contributed by atoms with E-state index in [1.54, 1.807) is 6.08 Å². The first-order chi connectivity index (χ1) is 15.1. The Morgan fingerprint density at radius 2 is 1.39 bits per heavy atom. The number of carbonyl (C=O) groups excluding carboxylic acids is 1. The third kappa shape index (κ3) is 15.8. The zero-order valence-corrected chi connectivity index (χ0v) is 20.2. The molecule has 3 heteroatoms. The van der Waals surface area contributed by atoms with E-state index >= 15 is 0 Å². The van der Waals surface area contributed by atoms with Gasteiger partial charge in [-0.25, -0.2) is 0 Å². The van der Waals surface area contributed by atoms with Gasteiger partial charge in [0.25, 0.3) is 0 Å². The van der Waals surface area contributed by atoms with Crippen molar-refractivity contribution >= 4 is 5.91 Å². The number of rotatable bonds is 19. The van der Waals surface area contributed by atoms with Crippen molar-refractivity contribution in [2.45, 2.75) is 122 Å². The molecule has 1 amide bonds. The van der Waals surface area contributed by atoms with Gasteiger partial charge in [-0.2, -0.15) is 0 Å². The van der Waals surface area contributed by atoms with Crippen LogP contribution in [0.2, 0.25) is 0 Å². The van der Waals surface area contributed by atoms with E-state index in [1.807, 2.05) is 43.3 Å². The summed E-state index contributed by atoms with van der Waals surface area (Å²) in [5.74, 6) is -0.132. The van der Waals surface area contributed by atoms with E-state index in [0.29, 0.717) is 0 Å². The molecule has 0 aliphatic heterocycles. The highest BCUT2D eigenvalue weighted by molar-refractivity contribution is 5.87. The Morgan fingerprint density at radius 1 is 0.871 bits per heavy atom. The van der Waals surface area contributed by atoms with Gasteiger partial charge in [0.15, 0.2) is 0 Å². The van der Waals surface area contributed by atoms with E-state index in [0.717, 1.165) is 19.3 Å². The van der Waals surface area contributed by atoms with Crippen molar-refractivity contribution in [3.05, 3.63) is 48.0 Å². The van der Waals surface area contributed by atoms with Crippen LogP contribution in [0.15, 0.2) is 42.5 Å².